The minimum Gasteiger partial charge on any atom is -0.326 e. The van der Waals surface area contributed by atoms with Crippen LogP contribution < -0.4 is 5.32 Å². The normalized spacial score (nSPS) is 20.7. The van der Waals surface area contributed by atoms with Gasteiger partial charge in [-0.15, -0.1) is 0 Å². The first-order valence-electron chi connectivity index (χ1n) is 9.46. The lowest BCUT2D eigenvalue weighted by atomic mass is 10.0. The van der Waals surface area contributed by atoms with Crippen LogP contribution in [0.2, 0.25) is 0 Å². The standard InChI is InChI=1S/C21H25FN2O3S/c1-15-6-5-7-16(2)24(15)28(26,27)19-12-10-18(11-13-19)23-21(25)14-17-8-3-4-9-20(17)22/h3-4,8-13,15-16H,5-7,14H2,1-2H3,(H,23,25)/t15-,16-/m0/s1. The molecular weight excluding hydrogens is 379 g/mol. The van der Waals surface area contributed by atoms with Crippen LogP contribution in [0.5, 0.6) is 0 Å². The second kappa shape index (κ2) is 8.41. The van der Waals surface area contributed by atoms with Crippen LogP contribution in [0.15, 0.2) is 53.4 Å². The maximum atomic E-state index is 13.7. The maximum Gasteiger partial charge on any atom is 0.243 e. The van der Waals surface area contributed by atoms with E-state index in [1.807, 2.05) is 13.8 Å². The molecule has 1 aliphatic heterocycles. The predicted octanol–water partition coefficient (Wildman–Crippen LogP) is 3.96. The van der Waals surface area contributed by atoms with E-state index >= 15 is 0 Å². The molecule has 0 bridgehead atoms. The molecular formula is C21H25FN2O3S. The van der Waals surface area contributed by atoms with Crippen LogP contribution in [0.3, 0.4) is 0 Å². The molecule has 1 aliphatic rings. The molecule has 1 fully saturated rings. The van der Waals surface area contributed by atoms with Crippen LogP contribution in [-0.2, 0) is 21.2 Å². The van der Waals surface area contributed by atoms with Gasteiger partial charge in [0.2, 0.25) is 15.9 Å². The van der Waals surface area contributed by atoms with E-state index in [4.69, 9.17) is 0 Å². The summed E-state index contributed by atoms with van der Waals surface area (Å²) in [5.74, 6) is -0.789. The number of nitrogens with one attached hydrogen (secondary N) is 1. The van der Waals surface area contributed by atoms with Crippen LogP contribution in [0.25, 0.3) is 0 Å². The van der Waals surface area contributed by atoms with Gasteiger partial charge < -0.3 is 5.32 Å². The fourth-order valence-electron chi connectivity index (χ4n) is 3.72. The Morgan fingerprint density at radius 2 is 1.68 bits per heavy atom. The number of anilines is 1. The van der Waals surface area contributed by atoms with Gasteiger partial charge in [0.05, 0.1) is 11.3 Å². The Balaban J connectivity index is 1.71. The van der Waals surface area contributed by atoms with Crippen molar-refractivity contribution in [2.24, 2.45) is 0 Å². The van der Waals surface area contributed by atoms with Gasteiger partial charge in [-0.3, -0.25) is 4.79 Å². The van der Waals surface area contributed by atoms with Crippen molar-refractivity contribution >= 4 is 21.6 Å². The molecule has 3 rings (SSSR count). The molecule has 2 atom stereocenters. The molecule has 5 nitrogen and oxygen atoms in total. The molecule has 1 amide bonds. The van der Waals surface area contributed by atoms with Crippen molar-refractivity contribution in [2.75, 3.05) is 5.32 Å². The van der Waals surface area contributed by atoms with E-state index in [1.165, 1.54) is 18.2 Å². The van der Waals surface area contributed by atoms with Gasteiger partial charge in [-0.1, -0.05) is 24.6 Å². The number of rotatable bonds is 5. The molecule has 0 aliphatic carbocycles. The number of sulfonamides is 1. The topological polar surface area (TPSA) is 66.5 Å². The molecule has 1 N–H and O–H groups in total. The molecule has 7 heteroatoms. The van der Waals surface area contributed by atoms with Crippen molar-refractivity contribution < 1.29 is 17.6 Å². The Bertz CT molecular complexity index is 934. The molecule has 1 saturated heterocycles. The lowest BCUT2D eigenvalue weighted by Gasteiger charge is -2.37. The first-order chi connectivity index (χ1) is 13.3. The third-order valence-corrected chi connectivity index (χ3v) is 7.28. The van der Waals surface area contributed by atoms with Gasteiger partial charge in [0.15, 0.2) is 0 Å². The van der Waals surface area contributed by atoms with Gasteiger partial charge in [0, 0.05) is 17.8 Å². The predicted molar refractivity (Wildman–Crippen MR) is 107 cm³/mol. The van der Waals surface area contributed by atoms with E-state index in [-0.39, 0.29) is 29.3 Å². The summed E-state index contributed by atoms with van der Waals surface area (Å²) in [5.41, 5.74) is 0.785. The summed E-state index contributed by atoms with van der Waals surface area (Å²) in [7, 11) is -3.59. The van der Waals surface area contributed by atoms with Crippen LogP contribution in [-0.4, -0.2) is 30.7 Å². The molecule has 150 valence electrons. The maximum absolute atomic E-state index is 13.7. The zero-order valence-corrected chi connectivity index (χ0v) is 16.9. The largest absolute Gasteiger partial charge is 0.326 e. The van der Waals surface area contributed by atoms with E-state index in [9.17, 15) is 17.6 Å². The summed E-state index contributed by atoms with van der Waals surface area (Å²) in [6.45, 7) is 3.87. The summed E-state index contributed by atoms with van der Waals surface area (Å²) in [6.07, 6.45) is 2.65. The van der Waals surface area contributed by atoms with E-state index < -0.39 is 15.8 Å². The van der Waals surface area contributed by atoms with Gasteiger partial charge in [-0.25, -0.2) is 12.8 Å². The highest BCUT2D eigenvalue weighted by atomic mass is 32.2. The minimum absolute atomic E-state index is 0.0334. The highest BCUT2D eigenvalue weighted by Gasteiger charge is 2.35. The van der Waals surface area contributed by atoms with Crippen molar-refractivity contribution in [3.05, 3.63) is 59.9 Å². The molecule has 0 aromatic heterocycles. The zero-order chi connectivity index (χ0) is 20.3. The Hall–Kier alpha value is -2.25. The summed E-state index contributed by atoms with van der Waals surface area (Å²) in [5, 5.41) is 2.68. The van der Waals surface area contributed by atoms with Gasteiger partial charge in [-0.2, -0.15) is 4.31 Å². The average molecular weight is 405 g/mol. The summed E-state index contributed by atoms with van der Waals surface area (Å²) in [6, 6.07) is 12.2. The van der Waals surface area contributed by atoms with Crippen molar-refractivity contribution in [3.8, 4) is 0 Å². The van der Waals surface area contributed by atoms with Crippen LogP contribution >= 0.6 is 0 Å². The SMILES string of the molecule is C[C@H]1CCC[C@H](C)N1S(=O)(=O)c1ccc(NC(=O)Cc2ccccc2F)cc1. The third kappa shape index (κ3) is 4.42. The lowest BCUT2D eigenvalue weighted by molar-refractivity contribution is -0.115. The van der Waals surface area contributed by atoms with Crippen molar-refractivity contribution in [3.63, 3.8) is 0 Å². The molecule has 2 aromatic rings. The Kier molecular flexibility index (Phi) is 6.15. The average Bonchev–Trinajstić information content (AvgIpc) is 2.64. The fraction of sp³-hybridized carbons (Fsp3) is 0.381. The quantitative estimate of drug-likeness (QED) is 0.820. The van der Waals surface area contributed by atoms with E-state index in [1.54, 1.807) is 34.6 Å². The molecule has 28 heavy (non-hydrogen) atoms. The Morgan fingerprint density at radius 3 is 2.29 bits per heavy atom. The number of carbonyl (C=O) groups excluding carboxylic acids is 1. The summed E-state index contributed by atoms with van der Waals surface area (Å²) < 4.78 is 41.3. The summed E-state index contributed by atoms with van der Waals surface area (Å²) in [4.78, 5) is 12.4. The molecule has 0 radical (unpaired) electrons. The van der Waals surface area contributed by atoms with E-state index in [0.717, 1.165) is 19.3 Å². The number of hydrogen-bond donors (Lipinski definition) is 1. The zero-order valence-electron chi connectivity index (χ0n) is 16.1. The molecule has 1 heterocycles. The Morgan fingerprint density at radius 1 is 1.07 bits per heavy atom. The number of benzene rings is 2. The smallest absolute Gasteiger partial charge is 0.243 e. The van der Waals surface area contributed by atoms with Crippen LogP contribution in [0.1, 0.15) is 38.7 Å². The number of halogens is 1. The minimum atomic E-state index is -3.59. The first-order valence-corrected chi connectivity index (χ1v) is 10.9. The molecule has 0 unspecified atom stereocenters. The highest BCUT2D eigenvalue weighted by Crippen LogP contribution is 2.30. The van der Waals surface area contributed by atoms with Crippen LogP contribution in [0.4, 0.5) is 10.1 Å². The third-order valence-electron chi connectivity index (χ3n) is 5.13. The summed E-state index contributed by atoms with van der Waals surface area (Å²) >= 11 is 0. The number of hydrogen-bond acceptors (Lipinski definition) is 3. The highest BCUT2D eigenvalue weighted by molar-refractivity contribution is 7.89. The molecule has 2 aromatic carbocycles. The molecule has 0 saturated carbocycles. The number of amides is 1. The lowest BCUT2D eigenvalue weighted by Crippen LogP contribution is -2.47. The van der Waals surface area contributed by atoms with Crippen LogP contribution in [0, 0.1) is 5.82 Å². The molecule has 0 spiro atoms. The fourth-order valence-corrected chi connectivity index (χ4v) is 5.61. The number of piperidine rings is 1. The van der Waals surface area contributed by atoms with E-state index in [0.29, 0.717) is 11.3 Å². The van der Waals surface area contributed by atoms with Crippen molar-refractivity contribution in [1.82, 2.24) is 4.31 Å². The number of nitrogens with zero attached hydrogens (tertiary/aromatic N) is 1. The second-order valence-corrected chi connectivity index (χ2v) is 9.15. The first kappa shape index (κ1) is 20.5. The van der Waals surface area contributed by atoms with Gasteiger partial charge in [0.25, 0.3) is 0 Å². The second-order valence-electron chi connectivity index (χ2n) is 7.30. The Labute approximate surface area is 165 Å². The monoisotopic (exact) mass is 404 g/mol. The van der Waals surface area contributed by atoms with Gasteiger partial charge >= 0.3 is 0 Å². The van der Waals surface area contributed by atoms with Gasteiger partial charge in [-0.05, 0) is 62.6 Å². The number of carbonyl (C=O) groups is 1. The van der Waals surface area contributed by atoms with Gasteiger partial charge in [0.1, 0.15) is 5.82 Å². The van der Waals surface area contributed by atoms with E-state index in [2.05, 4.69) is 5.32 Å². The van der Waals surface area contributed by atoms with Crippen molar-refractivity contribution in [2.45, 2.75) is 56.5 Å². The van der Waals surface area contributed by atoms with Crippen molar-refractivity contribution in [1.29, 1.82) is 0 Å².